The number of benzene rings is 3. The van der Waals surface area contributed by atoms with Gasteiger partial charge in [0.25, 0.3) is 10.0 Å². The second kappa shape index (κ2) is 15.2. The van der Waals surface area contributed by atoms with Crippen LogP contribution in [0.1, 0.15) is 51.3 Å². The van der Waals surface area contributed by atoms with Crippen LogP contribution in [0.4, 0.5) is 23.7 Å². The Balaban J connectivity index is 1.84. The molecule has 0 saturated carbocycles. The molecule has 2 N–H and O–H groups in total. The summed E-state index contributed by atoms with van der Waals surface area (Å²) in [5.41, 5.74) is -0.541. The Morgan fingerprint density at radius 2 is 1.64 bits per heavy atom. The highest BCUT2D eigenvalue weighted by Gasteiger charge is 2.34. The van der Waals surface area contributed by atoms with E-state index >= 15 is 4.39 Å². The fourth-order valence-corrected chi connectivity index (χ4v) is 7.17. The number of carboxylic acids is 1. The van der Waals surface area contributed by atoms with E-state index in [2.05, 4.69) is 5.32 Å². The van der Waals surface area contributed by atoms with Gasteiger partial charge in [-0.2, -0.15) is 11.8 Å². The van der Waals surface area contributed by atoms with Gasteiger partial charge in [0.1, 0.15) is 29.1 Å². The Labute approximate surface area is 270 Å². The van der Waals surface area contributed by atoms with E-state index in [-0.39, 0.29) is 22.1 Å². The van der Waals surface area contributed by atoms with E-state index in [9.17, 15) is 31.9 Å². The van der Waals surface area contributed by atoms with Crippen LogP contribution in [-0.4, -0.2) is 48.7 Å². The average molecular weight is 687 g/mol. The van der Waals surface area contributed by atoms with Crippen LogP contribution in [0.5, 0.6) is 0 Å². The highest BCUT2D eigenvalue weighted by atomic mass is 35.5. The Morgan fingerprint density at radius 3 is 2.27 bits per heavy atom. The van der Waals surface area contributed by atoms with Crippen molar-refractivity contribution >= 4 is 51.1 Å². The molecule has 2 atom stereocenters. The number of aryl methyl sites for hydroxylation is 1. The number of carbonyl (C=O) groups excluding carboxylic acids is 1. The first-order chi connectivity index (χ1) is 21.0. The number of hydrogen-bond donors (Lipinski definition) is 2. The van der Waals surface area contributed by atoms with Gasteiger partial charge in [-0.05, 0) is 106 Å². The van der Waals surface area contributed by atoms with Crippen molar-refractivity contribution in [2.45, 2.75) is 63.1 Å². The molecule has 0 aliphatic rings. The first kappa shape index (κ1) is 36.1. The SMILES string of the molecule is C[C@H](c1ccc(F)cc1CCCSC[C@H](NC(=O)OC(C)(C)C)C(=O)O)N(c1cc(F)ccc1F)S(=O)(=O)c1ccc(Cl)cc1. The van der Waals surface area contributed by atoms with Crippen molar-refractivity contribution in [3.63, 3.8) is 0 Å². The van der Waals surface area contributed by atoms with Crippen molar-refractivity contribution in [2.24, 2.45) is 0 Å². The van der Waals surface area contributed by atoms with Crippen molar-refractivity contribution in [1.82, 2.24) is 5.32 Å². The standard InChI is InChI=1S/C31H34ClF3N2O6S2/c1-19(37(28-17-23(34)10-14-26(28)35)45(41,42)24-11-7-21(32)8-12-24)25-13-9-22(33)16-20(25)6-5-15-44-18-27(29(38)39)36-30(40)43-31(2,3)4/h7-14,16-17,19,27H,5-6,15,18H2,1-4H3,(H,36,40)(H,38,39)/t19-,27+/m1/s1. The number of thioether (sulfide) groups is 1. The van der Waals surface area contributed by atoms with Crippen molar-refractivity contribution < 1.29 is 41.0 Å². The molecule has 0 aromatic heterocycles. The van der Waals surface area contributed by atoms with Crippen LogP contribution < -0.4 is 9.62 Å². The lowest BCUT2D eigenvalue weighted by atomic mass is 9.97. The van der Waals surface area contributed by atoms with Gasteiger partial charge >= 0.3 is 12.1 Å². The predicted octanol–water partition coefficient (Wildman–Crippen LogP) is 7.36. The summed E-state index contributed by atoms with van der Waals surface area (Å²) in [4.78, 5) is 23.4. The maximum atomic E-state index is 15.1. The summed E-state index contributed by atoms with van der Waals surface area (Å²) in [6.45, 7) is 6.45. The molecule has 45 heavy (non-hydrogen) atoms. The van der Waals surface area contributed by atoms with Gasteiger partial charge in [0.05, 0.1) is 16.6 Å². The zero-order valence-electron chi connectivity index (χ0n) is 25.0. The van der Waals surface area contributed by atoms with Crippen LogP contribution in [0.3, 0.4) is 0 Å². The number of hydrogen-bond acceptors (Lipinski definition) is 6. The van der Waals surface area contributed by atoms with E-state index in [1.165, 1.54) is 55.1 Å². The fourth-order valence-electron chi connectivity index (χ4n) is 4.44. The molecule has 0 fully saturated rings. The van der Waals surface area contributed by atoms with E-state index in [0.717, 1.165) is 28.6 Å². The summed E-state index contributed by atoms with van der Waals surface area (Å²) in [5.74, 6) is -3.20. The maximum absolute atomic E-state index is 15.1. The minimum atomic E-state index is -4.48. The number of nitrogens with zero attached hydrogens (tertiary/aromatic N) is 1. The average Bonchev–Trinajstić information content (AvgIpc) is 2.93. The van der Waals surface area contributed by atoms with Crippen LogP contribution in [0, 0.1) is 17.5 Å². The Morgan fingerprint density at radius 1 is 1.02 bits per heavy atom. The number of alkyl carbamates (subject to hydrolysis) is 1. The third-order valence-electron chi connectivity index (χ3n) is 6.43. The highest BCUT2D eigenvalue weighted by Crippen LogP contribution is 2.37. The van der Waals surface area contributed by atoms with Gasteiger partial charge in [-0.3, -0.25) is 4.31 Å². The monoisotopic (exact) mass is 686 g/mol. The molecule has 0 aliphatic heterocycles. The number of rotatable bonds is 13. The van der Waals surface area contributed by atoms with Gasteiger partial charge in [-0.1, -0.05) is 17.7 Å². The second-order valence-corrected chi connectivity index (χ2v) is 14.5. The maximum Gasteiger partial charge on any atom is 0.408 e. The van der Waals surface area contributed by atoms with E-state index in [4.69, 9.17) is 16.3 Å². The highest BCUT2D eigenvalue weighted by molar-refractivity contribution is 7.99. The molecular formula is C31H34ClF3N2O6S2. The number of carbonyl (C=O) groups is 2. The molecule has 1 amide bonds. The molecule has 8 nitrogen and oxygen atoms in total. The number of sulfonamides is 1. The number of nitrogens with one attached hydrogen (secondary N) is 1. The summed E-state index contributed by atoms with van der Waals surface area (Å²) in [5, 5.41) is 12.1. The van der Waals surface area contributed by atoms with Crippen molar-refractivity contribution in [3.05, 3.63) is 94.3 Å². The van der Waals surface area contributed by atoms with E-state index in [1.807, 2.05) is 0 Å². The summed E-state index contributed by atoms with van der Waals surface area (Å²) in [7, 11) is -4.48. The summed E-state index contributed by atoms with van der Waals surface area (Å²) >= 11 is 7.18. The zero-order chi connectivity index (χ0) is 33.5. The lowest BCUT2D eigenvalue weighted by Gasteiger charge is -2.32. The van der Waals surface area contributed by atoms with Crippen LogP contribution in [0.15, 0.2) is 65.6 Å². The van der Waals surface area contributed by atoms with E-state index < -0.39 is 62.9 Å². The molecule has 3 aromatic rings. The third-order valence-corrected chi connectivity index (χ3v) is 9.73. The number of amides is 1. The number of ether oxygens (including phenoxy) is 1. The number of halogens is 4. The van der Waals surface area contributed by atoms with Crippen LogP contribution in [-0.2, 0) is 26.0 Å². The molecule has 3 aromatic carbocycles. The molecule has 3 rings (SSSR count). The molecule has 0 radical (unpaired) electrons. The second-order valence-electron chi connectivity index (χ2n) is 11.1. The summed E-state index contributed by atoms with van der Waals surface area (Å²) in [6, 6.07) is 9.17. The Kier molecular flexibility index (Phi) is 12.2. The largest absolute Gasteiger partial charge is 0.480 e. The van der Waals surface area contributed by atoms with E-state index in [1.54, 1.807) is 20.8 Å². The summed E-state index contributed by atoms with van der Waals surface area (Å²) in [6.07, 6.45) is -0.186. The van der Waals surface area contributed by atoms with Gasteiger partial charge in [-0.25, -0.2) is 31.2 Å². The van der Waals surface area contributed by atoms with Crippen molar-refractivity contribution in [1.29, 1.82) is 0 Å². The summed E-state index contributed by atoms with van der Waals surface area (Å²) < 4.78 is 77.5. The smallest absolute Gasteiger partial charge is 0.408 e. The lowest BCUT2D eigenvalue weighted by molar-refractivity contribution is -0.138. The zero-order valence-corrected chi connectivity index (χ0v) is 27.4. The molecule has 0 bridgehead atoms. The Hall–Kier alpha value is -3.42. The lowest BCUT2D eigenvalue weighted by Crippen LogP contribution is -2.45. The third kappa shape index (κ3) is 10.0. The number of aliphatic carboxylic acids is 1. The topological polar surface area (TPSA) is 113 Å². The molecule has 0 unspecified atom stereocenters. The van der Waals surface area contributed by atoms with Gasteiger partial charge in [0.2, 0.25) is 0 Å². The molecule has 244 valence electrons. The minimum Gasteiger partial charge on any atom is -0.480 e. The van der Waals surface area contributed by atoms with Gasteiger partial charge in [0.15, 0.2) is 0 Å². The van der Waals surface area contributed by atoms with Crippen LogP contribution in [0.2, 0.25) is 5.02 Å². The van der Waals surface area contributed by atoms with Gasteiger partial charge in [-0.15, -0.1) is 0 Å². The van der Waals surface area contributed by atoms with E-state index in [0.29, 0.717) is 23.3 Å². The quantitative estimate of drug-likeness (QED) is 0.181. The first-order valence-corrected chi connectivity index (χ1v) is 16.8. The molecule has 0 heterocycles. The molecule has 0 spiro atoms. The number of carboxylic acid groups (broad SMARTS) is 1. The van der Waals surface area contributed by atoms with Crippen LogP contribution in [0.25, 0.3) is 0 Å². The molecule has 14 heteroatoms. The van der Waals surface area contributed by atoms with Crippen LogP contribution >= 0.6 is 23.4 Å². The predicted molar refractivity (Wildman–Crippen MR) is 169 cm³/mol. The number of anilines is 1. The van der Waals surface area contributed by atoms with Gasteiger partial charge < -0.3 is 15.2 Å². The first-order valence-electron chi connectivity index (χ1n) is 13.8. The molecular weight excluding hydrogens is 653 g/mol. The Bertz CT molecular complexity index is 1620. The van der Waals surface area contributed by atoms with Crippen molar-refractivity contribution in [3.8, 4) is 0 Å². The van der Waals surface area contributed by atoms with Gasteiger partial charge in [0, 0.05) is 16.8 Å². The van der Waals surface area contributed by atoms with Crippen molar-refractivity contribution in [2.75, 3.05) is 15.8 Å². The minimum absolute atomic E-state index is 0.0347. The molecule has 0 saturated heterocycles. The fraction of sp³-hybridized carbons (Fsp3) is 0.355. The normalized spacial score (nSPS) is 13.2. The molecule has 0 aliphatic carbocycles.